The molecule has 0 unspecified atom stereocenters. The molecule has 1 amide bonds. The third kappa shape index (κ3) is 4.87. The highest BCUT2D eigenvalue weighted by Gasteiger charge is 2.12. The molecule has 0 heterocycles. The summed E-state index contributed by atoms with van der Waals surface area (Å²) in [5.74, 6) is 1.03. The van der Waals surface area contributed by atoms with E-state index in [1.54, 1.807) is 4.90 Å². The minimum atomic E-state index is 0.125. The molecule has 0 aliphatic heterocycles. The summed E-state index contributed by atoms with van der Waals surface area (Å²) in [4.78, 5) is 13.8. The molecule has 0 saturated heterocycles. The van der Waals surface area contributed by atoms with Crippen LogP contribution in [0.5, 0.6) is 0 Å². The predicted molar refractivity (Wildman–Crippen MR) is 77.5 cm³/mol. The molecule has 0 aliphatic rings. The van der Waals surface area contributed by atoms with E-state index in [1.807, 2.05) is 12.1 Å². The van der Waals surface area contributed by atoms with Crippen molar-refractivity contribution >= 4 is 29.1 Å². The molecule has 0 aromatic heterocycles. The van der Waals surface area contributed by atoms with Crippen LogP contribution < -0.4 is 0 Å². The number of halogens is 2. The van der Waals surface area contributed by atoms with Crippen molar-refractivity contribution in [1.29, 1.82) is 0 Å². The zero-order valence-corrected chi connectivity index (χ0v) is 12.2. The summed E-state index contributed by atoms with van der Waals surface area (Å²) in [6.07, 6.45) is 1.28. The maximum atomic E-state index is 12.0. The van der Waals surface area contributed by atoms with Crippen molar-refractivity contribution in [2.24, 2.45) is 0 Å². The molecular weight excluding hydrogens is 269 g/mol. The zero-order valence-electron chi connectivity index (χ0n) is 10.7. The Bertz CT molecular complexity index is 376. The SMILES string of the molecule is Cc1ccccc1CCC(=O)N(CCCl)CCCl. The van der Waals surface area contributed by atoms with Gasteiger partial charge in [-0.15, -0.1) is 23.2 Å². The van der Waals surface area contributed by atoms with Crippen LogP contribution in [0.15, 0.2) is 24.3 Å². The maximum Gasteiger partial charge on any atom is 0.222 e. The molecule has 2 nitrogen and oxygen atoms in total. The second-order valence-electron chi connectivity index (χ2n) is 4.19. The van der Waals surface area contributed by atoms with Gasteiger partial charge in [-0.2, -0.15) is 0 Å². The molecule has 0 spiro atoms. The Balaban J connectivity index is 2.51. The van der Waals surface area contributed by atoms with Crippen LogP contribution in [0.4, 0.5) is 0 Å². The summed E-state index contributed by atoms with van der Waals surface area (Å²) in [7, 11) is 0. The Morgan fingerprint density at radius 2 is 1.78 bits per heavy atom. The number of carbonyl (C=O) groups excluding carboxylic acids is 1. The van der Waals surface area contributed by atoms with Crippen molar-refractivity contribution in [3.8, 4) is 0 Å². The van der Waals surface area contributed by atoms with Gasteiger partial charge in [0, 0.05) is 31.3 Å². The Labute approximate surface area is 119 Å². The number of hydrogen-bond donors (Lipinski definition) is 0. The van der Waals surface area contributed by atoms with Crippen molar-refractivity contribution < 1.29 is 4.79 Å². The van der Waals surface area contributed by atoms with Crippen LogP contribution in [-0.4, -0.2) is 35.7 Å². The predicted octanol–water partition coefficient (Wildman–Crippen LogP) is 3.23. The van der Waals surface area contributed by atoms with Crippen LogP contribution in [0.2, 0.25) is 0 Å². The largest absolute Gasteiger partial charge is 0.340 e. The fourth-order valence-corrected chi connectivity index (χ4v) is 2.26. The van der Waals surface area contributed by atoms with Crippen LogP contribution >= 0.6 is 23.2 Å². The standard InChI is InChI=1S/C14H19Cl2NO/c1-12-4-2-3-5-13(12)6-7-14(18)17(10-8-15)11-9-16/h2-5H,6-11H2,1H3. The summed E-state index contributed by atoms with van der Waals surface area (Å²) < 4.78 is 0. The van der Waals surface area contributed by atoms with E-state index in [1.165, 1.54) is 11.1 Å². The molecule has 0 fully saturated rings. The Hall–Kier alpha value is -0.730. The summed E-state index contributed by atoms with van der Waals surface area (Å²) in [6, 6.07) is 8.14. The number of alkyl halides is 2. The van der Waals surface area contributed by atoms with Gasteiger partial charge in [0.25, 0.3) is 0 Å². The fourth-order valence-electron chi connectivity index (χ4n) is 1.86. The number of hydrogen-bond acceptors (Lipinski definition) is 1. The molecule has 100 valence electrons. The first kappa shape index (κ1) is 15.3. The summed E-state index contributed by atoms with van der Waals surface area (Å²) in [5.41, 5.74) is 2.45. The van der Waals surface area contributed by atoms with Crippen molar-refractivity contribution in [3.05, 3.63) is 35.4 Å². The van der Waals surface area contributed by atoms with Crippen LogP contribution in [-0.2, 0) is 11.2 Å². The van der Waals surface area contributed by atoms with Gasteiger partial charge in [-0.25, -0.2) is 0 Å². The van der Waals surface area contributed by atoms with Crippen molar-refractivity contribution in [1.82, 2.24) is 4.90 Å². The quantitative estimate of drug-likeness (QED) is 0.705. The lowest BCUT2D eigenvalue weighted by Crippen LogP contribution is -2.34. The number of amides is 1. The number of aryl methyl sites for hydroxylation is 2. The third-order valence-corrected chi connectivity index (χ3v) is 3.27. The Kier molecular flexibility index (Phi) is 7.14. The number of benzene rings is 1. The highest BCUT2D eigenvalue weighted by molar-refractivity contribution is 6.18. The number of carbonyl (C=O) groups is 1. The average Bonchev–Trinajstić information content (AvgIpc) is 2.37. The normalized spacial score (nSPS) is 10.4. The molecule has 1 rings (SSSR count). The van der Waals surface area contributed by atoms with Crippen LogP contribution in [0.3, 0.4) is 0 Å². The van der Waals surface area contributed by atoms with Crippen LogP contribution in [0.1, 0.15) is 17.5 Å². The van der Waals surface area contributed by atoms with E-state index in [-0.39, 0.29) is 5.91 Å². The van der Waals surface area contributed by atoms with Gasteiger partial charge in [0.1, 0.15) is 0 Å². The Morgan fingerprint density at radius 3 is 2.33 bits per heavy atom. The van der Waals surface area contributed by atoms with Crippen LogP contribution in [0, 0.1) is 6.92 Å². The minimum Gasteiger partial charge on any atom is -0.340 e. The van der Waals surface area contributed by atoms with Gasteiger partial charge < -0.3 is 4.90 Å². The fraction of sp³-hybridized carbons (Fsp3) is 0.500. The first-order valence-electron chi connectivity index (χ1n) is 6.13. The molecule has 0 atom stereocenters. The lowest BCUT2D eigenvalue weighted by atomic mass is 10.0. The van der Waals surface area contributed by atoms with Gasteiger partial charge in [-0.3, -0.25) is 4.79 Å². The highest BCUT2D eigenvalue weighted by Crippen LogP contribution is 2.10. The van der Waals surface area contributed by atoms with E-state index in [9.17, 15) is 4.79 Å². The van der Waals surface area contributed by atoms with E-state index in [0.717, 1.165) is 6.42 Å². The van der Waals surface area contributed by atoms with Gasteiger partial charge in [0.05, 0.1) is 0 Å². The number of rotatable bonds is 7. The first-order valence-corrected chi connectivity index (χ1v) is 7.20. The van der Waals surface area contributed by atoms with Gasteiger partial charge in [0.15, 0.2) is 0 Å². The first-order chi connectivity index (χ1) is 8.69. The molecule has 1 aromatic carbocycles. The van der Waals surface area contributed by atoms with Gasteiger partial charge in [-0.05, 0) is 24.5 Å². The smallest absolute Gasteiger partial charge is 0.222 e. The second kappa shape index (κ2) is 8.39. The van der Waals surface area contributed by atoms with Crippen molar-refractivity contribution in [2.45, 2.75) is 19.8 Å². The van der Waals surface area contributed by atoms with E-state index < -0.39 is 0 Å². The molecule has 4 heteroatoms. The minimum absolute atomic E-state index is 0.125. The lowest BCUT2D eigenvalue weighted by molar-refractivity contribution is -0.130. The lowest BCUT2D eigenvalue weighted by Gasteiger charge is -2.20. The van der Waals surface area contributed by atoms with E-state index >= 15 is 0 Å². The number of nitrogens with zero attached hydrogens (tertiary/aromatic N) is 1. The maximum absolute atomic E-state index is 12.0. The summed E-state index contributed by atoms with van der Waals surface area (Å²) in [5, 5.41) is 0. The molecule has 1 aromatic rings. The summed E-state index contributed by atoms with van der Waals surface area (Å²) in [6.45, 7) is 3.21. The van der Waals surface area contributed by atoms with E-state index in [4.69, 9.17) is 23.2 Å². The van der Waals surface area contributed by atoms with Crippen molar-refractivity contribution in [3.63, 3.8) is 0 Å². The molecule has 0 aliphatic carbocycles. The highest BCUT2D eigenvalue weighted by atomic mass is 35.5. The van der Waals surface area contributed by atoms with Gasteiger partial charge >= 0.3 is 0 Å². The monoisotopic (exact) mass is 287 g/mol. The zero-order chi connectivity index (χ0) is 13.4. The molecule has 18 heavy (non-hydrogen) atoms. The topological polar surface area (TPSA) is 20.3 Å². The second-order valence-corrected chi connectivity index (χ2v) is 4.94. The molecule has 0 saturated carbocycles. The third-order valence-electron chi connectivity index (χ3n) is 2.93. The van der Waals surface area contributed by atoms with Gasteiger partial charge in [-0.1, -0.05) is 24.3 Å². The summed E-state index contributed by atoms with van der Waals surface area (Å²) >= 11 is 11.4. The molecular formula is C14H19Cl2NO. The molecule has 0 bridgehead atoms. The van der Waals surface area contributed by atoms with Crippen molar-refractivity contribution in [2.75, 3.05) is 24.8 Å². The van der Waals surface area contributed by atoms with E-state index in [2.05, 4.69) is 19.1 Å². The van der Waals surface area contributed by atoms with E-state index in [0.29, 0.717) is 31.3 Å². The molecule has 0 radical (unpaired) electrons. The molecule has 0 N–H and O–H groups in total. The van der Waals surface area contributed by atoms with Crippen LogP contribution in [0.25, 0.3) is 0 Å². The van der Waals surface area contributed by atoms with Gasteiger partial charge in [0.2, 0.25) is 5.91 Å². The average molecular weight is 288 g/mol. The Morgan fingerprint density at radius 1 is 1.17 bits per heavy atom.